The van der Waals surface area contributed by atoms with Gasteiger partial charge in [0.1, 0.15) is 0 Å². The van der Waals surface area contributed by atoms with Crippen LogP contribution in [0.3, 0.4) is 0 Å². The Labute approximate surface area is 138 Å². The van der Waals surface area contributed by atoms with E-state index in [9.17, 15) is 4.79 Å². The molecule has 0 aliphatic heterocycles. The van der Waals surface area contributed by atoms with Gasteiger partial charge in [0.25, 0.3) is 0 Å². The van der Waals surface area contributed by atoms with Crippen LogP contribution in [0.25, 0.3) is 0 Å². The molecule has 1 aliphatic rings. The molecule has 120 valence electrons. The van der Waals surface area contributed by atoms with Crippen molar-refractivity contribution < 1.29 is 4.79 Å². The predicted octanol–water partition coefficient (Wildman–Crippen LogP) is 4.44. The van der Waals surface area contributed by atoms with Crippen LogP contribution in [0.2, 0.25) is 0 Å². The van der Waals surface area contributed by atoms with E-state index in [1.165, 1.54) is 25.7 Å². The number of hydrogen-bond donors (Lipinski definition) is 0. The van der Waals surface area contributed by atoms with Gasteiger partial charge in [-0.25, -0.2) is 0 Å². The van der Waals surface area contributed by atoms with Crippen LogP contribution in [0.1, 0.15) is 38.2 Å². The van der Waals surface area contributed by atoms with Crippen molar-refractivity contribution in [3.05, 3.63) is 60.4 Å². The molecule has 1 saturated carbocycles. The summed E-state index contributed by atoms with van der Waals surface area (Å²) in [5.74, 6) is 0.837. The Balaban J connectivity index is 1.83. The number of benzene rings is 1. The fourth-order valence-electron chi connectivity index (χ4n) is 3.48. The molecule has 3 rings (SSSR count). The zero-order valence-electron chi connectivity index (χ0n) is 13.7. The first-order chi connectivity index (χ1) is 11.3. The fraction of sp³-hybridized carbons (Fsp3) is 0.400. The van der Waals surface area contributed by atoms with E-state index in [2.05, 4.69) is 11.9 Å². The van der Waals surface area contributed by atoms with Crippen LogP contribution in [0.15, 0.2) is 54.9 Å². The van der Waals surface area contributed by atoms with Crippen LogP contribution < -0.4 is 4.90 Å². The Bertz CT molecular complexity index is 621. The summed E-state index contributed by atoms with van der Waals surface area (Å²) in [5, 5.41) is 0. The number of pyridine rings is 1. The Morgan fingerprint density at radius 3 is 2.57 bits per heavy atom. The number of rotatable bonds is 5. The molecule has 0 bridgehead atoms. The smallest absolute Gasteiger partial charge is 0.230 e. The van der Waals surface area contributed by atoms with Gasteiger partial charge in [-0.3, -0.25) is 9.78 Å². The molecule has 2 aromatic rings. The largest absolute Gasteiger partial charge is 0.308 e. The van der Waals surface area contributed by atoms with Crippen LogP contribution in [-0.4, -0.2) is 10.9 Å². The number of amides is 1. The standard InChI is InChI=1S/C20H24N2O/c1-16(18-9-5-6-10-18)20(23)22(19-11-3-2-4-12-19)15-17-8-7-13-21-14-17/h2-4,7-8,11-14,16,18H,5-6,9-10,15H2,1H3. The lowest BCUT2D eigenvalue weighted by Crippen LogP contribution is -2.37. The highest BCUT2D eigenvalue weighted by Crippen LogP contribution is 2.33. The highest BCUT2D eigenvalue weighted by molar-refractivity contribution is 5.94. The first kappa shape index (κ1) is 15.7. The molecule has 1 aliphatic carbocycles. The molecule has 1 heterocycles. The minimum absolute atomic E-state index is 0.0781. The molecular weight excluding hydrogens is 284 g/mol. The number of aromatic nitrogens is 1. The first-order valence-electron chi connectivity index (χ1n) is 8.51. The molecule has 23 heavy (non-hydrogen) atoms. The summed E-state index contributed by atoms with van der Waals surface area (Å²) in [6, 6.07) is 13.9. The van der Waals surface area contributed by atoms with Crippen molar-refractivity contribution in [2.24, 2.45) is 11.8 Å². The summed E-state index contributed by atoms with van der Waals surface area (Å²) >= 11 is 0. The number of hydrogen-bond acceptors (Lipinski definition) is 2. The van der Waals surface area contributed by atoms with Gasteiger partial charge in [0, 0.05) is 24.0 Å². The Morgan fingerprint density at radius 2 is 1.91 bits per heavy atom. The van der Waals surface area contributed by atoms with Gasteiger partial charge in [0.2, 0.25) is 5.91 Å². The number of nitrogens with zero attached hydrogens (tertiary/aromatic N) is 2. The van der Waals surface area contributed by atoms with Gasteiger partial charge in [-0.05, 0) is 42.5 Å². The van der Waals surface area contributed by atoms with Crippen molar-refractivity contribution in [1.82, 2.24) is 4.98 Å². The van der Waals surface area contributed by atoms with Gasteiger partial charge in [-0.2, -0.15) is 0 Å². The Hall–Kier alpha value is -2.16. The average molecular weight is 308 g/mol. The lowest BCUT2D eigenvalue weighted by molar-refractivity contribution is -0.123. The summed E-state index contributed by atoms with van der Waals surface area (Å²) in [4.78, 5) is 19.2. The van der Waals surface area contributed by atoms with E-state index in [-0.39, 0.29) is 11.8 Å². The Kier molecular flexibility index (Phi) is 5.06. The molecule has 0 N–H and O–H groups in total. The van der Waals surface area contributed by atoms with E-state index >= 15 is 0 Å². The van der Waals surface area contributed by atoms with Gasteiger partial charge < -0.3 is 4.90 Å². The highest BCUT2D eigenvalue weighted by atomic mass is 16.2. The van der Waals surface area contributed by atoms with Gasteiger partial charge in [-0.1, -0.05) is 44.0 Å². The molecule has 3 heteroatoms. The van der Waals surface area contributed by atoms with E-state index in [1.807, 2.05) is 53.6 Å². The quantitative estimate of drug-likeness (QED) is 0.818. The van der Waals surface area contributed by atoms with Crippen molar-refractivity contribution in [3.63, 3.8) is 0 Å². The number of para-hydroxylation sites is 1. The maximum atomic E-state index is 13.1. The molecule has 1 fully saturated rings. The van der Waals surface area contributed by atoms with Gasteiger partial charge in [0.15, 0.2) is 0 Å². The van der Waals surface area contributed by atoms with Crippen LogP contribution >= 0.6 is 0 Å². The van der Waals surface area contributed by atoms with Crippen LogP contribution in [0.4, 0.5) is 5.69 Å². The van der Waals surface area contributed by atoms with E-state index in [0.717, 1.165) is 11.3 Å². The summed E-state index contributed by atoms with van der Waals surface area (Å²) < 4.78 is 0. The normalized spacial score (nSPS) is 16.2. The van der Waals surface area contributed by atoms with E-state index in [4.69, 9.17) is 0 Å². The summed E-state index contributed by atoms with van der Waals surface area (Å²) in [6.45, 7) is 2.67. The van der Waals surface area contributed by atoms with Gasteiger partial charge in [-0.15, -0.1) is 0 Å². The lowest BCUT2D eigenvalue weighted by Gasteiger charge is -2.28. The topological polar surface area (TPSA) is 33.2 Å². The van der Waals surface area contributed by atoms with Crippen LogP contribution in [0.5, 0.6) is 0 Å². The SMILES string of the molecule is CC(C(=O)N(Cc1cccnc1)c1ccccc1)C1CCCC1. The van der Waals surface area contributed by atoms with Crippen molar-refractivity contribution >= 4 is 11.6 Å². The number of anilines is 1. The minimum atomic E-state index is 0.0781. The van der Waals surface area contributed by atoms with E-state index in [1.54, 1.807) is 6.20 Å². The van der Waals surface area contributed by atoms with Crippen LogP contribution in [-0.2, 0) is 11.3 Å². The third-order valence-electron chi connectivity index (χ3n) is 4.89. The summed E-state index contributed by atoms with van der Waals surface area (Å²) in [6.07, 6.45) is 8.49. The molecule has 1 aromatic carbocycles. The number of carbonyl (C=O) groups is 1. The lowest BCUT2D eigenvalue weighted by atomic mass is 9.91. The van der Waals surface area contributed by atoms with Crippen molar-refractivity contribution in [1.29, 1.82) is 0 Å². The number of carbonyl (C=O) groups excluding carboxylic acids is 1. The zero-order valence-corrected chi connectivity index (χ0v) is 13.7. The molecule has 1 aromatic heterocycles. The molecule has 1 unspecified atom stereocenters. The van der Waals surface area contributed by atoms with Crippen molar-refractivity contribution in [3.8, 4) is 0 Å². The molecule has 0 spiro atoms. The maximum absolute atomic E-state index is 13.1. The summed E-state index contributed by atoms with van der Waals surface area (Å²) in [5.41, 5.74) is 2.02. The fourth-order valence-corrected chi connectivity index (χ4v) is 3.48. The van der Waals surface area contributed by atoms with Crippen molar-refractivity contribution in [2.45, 2.75) is 39.2 Å². The zero-order chi connectivity index (χ0) is 16.1. The third-order valence-corrected chi connectivity index (χ3v) is 4.89. The third kappa shape index (κ3) is 3.79. The molecule has 0 radical (unpaired) electrons. The molecule has 3 nitrogen and oxygen atoms in total. The average Bonchev–Trinajstić information content (AvgIpc) is 3.15. The minimum Gasteiger partial charge on any atom is -0.308 e. The highest BCUT2D eigenvalue weighted by Gasteiger charge is 2.30. The molecular formula is C20H24N2O. The van der Waals surface area contributed by atoms with E-state index < -0.39 is 0 Å². The second kappa shape index (κ2) is 7.40. The van der Waals surface area contributed by atoms with E-state index in [0.29, 0.717) is 12.5 Å². The second-order valence-electron chi connectivity index (χ2n) is 6.45. The van der Waals surface area contributed by atoms with Crippen molar-refractivity contribution in [2.75, 3.05) is 4.90 Å². The first-order valence-corrected chi connectivity index (χ1v) is 8.51. The van der Waals surface area contributed by atoms with Gasteiger partial charge >= 0.3 is 0 Å². The Morgan fingerprint density at radius 1 is 1.17 bits per heavy atom. The predicted molar refractivity (Wildman–Crippen MR) is 93.0 cm³/mol. The monoisotopic (exact) mass is 308 g/mol. The molecule has 1 amide bonds. The molecule has 0 saturated heterocycles. The summed E-state index contributed by atoms with van der Waals surface area (Å²) in [7, 11) is 0. The van der Waals surface area contributed by atoms with Gasteiger partial charge in [0.05, 0.1) is 6.54 Å². The second-order valence-corrected chi connectivity index (χ2v) is 6.45. The maximum Gasteiger partial charge on any atom is 0.230 e. The molecule has 1 atom stereocenters. The van der Waals surface area contributed by atoms with Crippen LogP contribution in [0, 0.1) is 11.8 Å².